The van der Waals surface area contributed by atoms with Crippen LogP contribution in [-0.4, -0.2) is 34.5 Å². The Kier molecular flexibility index (Phi) is 4.61. The molecule has 1 aliphatic carbocycles. The quantitative estimate of drug-likeness (QED) is 0.786. The Balaban J connectivity index is 1.95. The molecular formula is C14H23NO3. The second kappa shape index (κ2) is 6.21. The van der Waals surface area contributed by atoms with Gasteiger partial charge < -0.3 is 10.0 Å². The summed E-state index contributed by atoms with van der Waals surface area (Å²) >= 11 is 0. The molecule has 0 aromatic carbocycles. The molecule has 1 saturated carbocycles. The number of rotatable bonds is 3. The normalized spacial score (nSPS) is 26.0. The third kappa shape index (κ3) is 3.24. The lowest BCUT2D eigenvalue weighted by Crippen LogP contribution is -2.40. The molecule has 1 aliphatic heterocycles. The molecule has 1 heterocycles. The summed E-state index contributed by atoms with van der Waals surface area (Å²) in [5, 5.41) is 8.89. The average molecular weight is 253 g/mol. The van der Waals surface area contributed by atoms with Gasteiger partial charge in [-0.15, -0.1) is 0 Å². The van der Waals surface area contributed by atoms with E-state index >= 15 is 0 Å². The summed E-state index contributed by atoms with van der Waals surface area (Å²) in [5.41, 5.74) is 0. The Hall–Kier alpha value is -1.06. The Morgan fingerprint density at radius 3 is 2.28 bits per heavy atom. The van der Waals surface area contributed by atoms with Crippen molar-refractivity contribution in [1.82, 2.24) is 4.90 Å². The van der Waals surface area contributed by atoms with Crippen LogP contribution in [0.1, 0.15) is 57.8 Å². The van der Waals surface area contributed by atoms with Crippen LogP contribution in [0, 0.1) is 5.92 Å². The number of carboxylic acids is 1. The second-order valence-corrected chi connectivity index (χ2v) is 5.61. The van der Waals surface area contributed by atoms with Crippen LogP contribution in [0.3, 0.4) is 0 Å². The summed E-state index contributed by atoms with van der Waals surface area (Å²) in [4.78, 5) is 25.1. The fraction of sp³-hybridized carbons (Fsp3) is 0.857. The molecule has 1 unspecified atom stereocenters. The van der Waals surface area contributed by atoms with Gasteiger partial charge in [0.2, 0.25) is 5.91 Å². The van der Waals surface area contributed by atoms with Crippen LogP contribution in [-0.2, 0) is 9.59 Å². The van der Waals surface area contributed by atoms with Crippen molar-refractivity contribution in [1.29, 1.82) is 0 Å². The lowest BCUT2D eigenvalue weighted by molar-refractivity contribution is -0.141. The molecule has 0 aromatic heterocycles. The van der Waals surface area contributed by atoms with E-state index in [0.717, 1.165) is 45.1 Å². The van der Waals surface area contributed by atoms with Gasteiger partial charge in [0.15, 0.2) is 0 Å². The van der Waals surface area contributed by atoms with E-state index in [2.05, 4.69) is 0 Å². The molecule has 1 N–H and O–H groups in total. The van der Waals surface area contributed by atoms with Crippen molar-refractivity contribution in [3.63, 3.8) is 0 Å². The Morgan fingerprint density at radius 2 is 1.67 bits per heavy atom. The number of hydrogen-bond donors (Lipinski definition) is 1. The molecule has 1 saturated heterocycles. The third-order valence-corrected chi connectivity index (χ3v) is 4.27. The van der Waals surface area contributed by atoms with Crippen LogP contribution in [0.2, 0.25) is 0 Å². The van der Waals surface area contributed by atoms with E-state index in [0.29, 0.717) is 0 Å². The van der Waals surface area contributed by atoms with E-state index in [1.54, 1.807) is 0 Å². The first kappa shape index (κ1) is 13.4. The van der Waals surface area contributed by atoms with Crippen LogP contribution >= 0.6 is 0 Å². The van der Waals surface area contributed by atoms with E-state index in [9.17, 15) is 9.59 Å². The third-order valence-electron chi connectivity index (χ3n) is 4.27. The molecule has 4 nitrogen and oxygen atoms in total. The summed E-state index contributed by atoms with van der Waals surface area (Å²) in [7, 11) is 0. The fourth-order valence-electron chi connectivity index (χ4n) is 3.30. The summed E-state index contributed by atoms with van der Waals surface area (Å²) in [6, 6.07) is -0.0572. The van der Waals surface area contributed by atoms with Crippen LogP contribution < -0.4 is 0 Å². The molecule has 0 aromatic rings. The zero-order chi connectivity index (χ0) is 13.0. The lowest BCUT2D eigenvalue weighted by Gasteiger charge is -2.27. The number of aliphatic carboxylic acids is 1. The maximum absolute atomic E-state index is 12.5. The molecule has 2 fully saturated rings. The topological polar surface area (TPSA) is 57.6 Å². The lowest BCUT2D eigenvalue weighted by atomic mass is 9.98. The zero-order valence-corrected chi connectivity index (χ0v) is 10.9. The average Bonchev–Trinajstić information content (AvgIpc) is 2.63. The summed E-state index contributed by atoms with van der Waals surface area (Å²) in [6.07, 6.45) is 8.68. The van der Waals surface area contributed by atoms with Gasteiger partial charge in [0.05, 0.1) is 6.42 Å². The van der Waals surface area contributed by atoms with Crippen LogP contribution in [0.5, 0.6) is 0 Å². The molecule has 2 aliphatic rings. The Bertz CT molecular complexity index is 308. The van der Waals surface area contributed by atoms with E-state index < -0.39 is 5.97 Å². The van der Waals surface area contributed by atoms with Crippen molar-refractivity contribution in [2.45, 2.75) is 63.8 Å². The van der Waals surface area contributed by atoms with Gasteiger partial charge in [-0.05, 0) is 25.7 Å². The van der Waals surface area contributed by atoms with E-state index in [1.807, 2.05) is 4.90 Å². The van der Waals surface area contributed by atoms with Crippen molar-refractivity contribution in [3.8, 4) is 0 Å². The highest BCUT2D eigenvalue weighted by Gasteiger charge is 2.34. The maximum atomic E-state index is 12.5. The maximum Gasteiger partial charge on any atom is 0.305 e. The highest BCUT2D eigenvalue weighted by Crippen LogP contribution is 2.28. The van der Waals surface area contributed by atoms with Gasteiger partial charge in [0.25, 0.3) is 0 Å². The number of hydrogen-bond acceptors (Lipinski definition) is 2. The first-order chi connectivity index (χ1) is 8.68. The molecule has 0 radical (unpaired) electrons. The minimum Gasteiger partial charge on any atom is -0.481 e. The molecule has 0 bridgehead atoms. The van der Waals surface area contributed by atoms with Crippen LogP contribution in [0.15, 0.2) is 0 Å². The molecule has 1 atom stereocenters. The number of amides is 1. The minimum absolute atomic E-state index is 0.0572. The van der Waals surface area contributed by atoms with E-state index in [1.165, 1.54) is 12.8 Å². The van der Waals surface area contributed by atoms with Crippen molar-refractivity contribution in [2.75, 3.05) is 6.54 Å². The first-order valence-electron chi connectivity index (χ1n) is 7.21. The molecule has 4 heteroatoms. The van der Waals surface area contributed by atoms with E-state index in [4.69, 9.17) is 5.11 Å². The van der Waals surface area contributed by atoms with Crippen molar-refractivity contribution < 1.29 is 14.7 Å². The second-order valence-electron chi connectivity index (χ2n) is 5.61. The number of carbonyl (C=O) groups is 2. The van der Waals surface area contributed by atoms with Crippen molar-refractivity contribution in [2.24, 2.45) is 5.92 Å². The van der Waals surface area contributed by atoms with Gasteiger partial charge in [-0.3, -0.25) is 9.59 Å². The number of nitrogens with zero attached hydrogens (tertiary/aromatic N) is 1. The molecule has 18 heavy (non-hydrogen) atoms. The largest absolute Gasteiger partial charge is 0.481 e. The monoisotopic (exact) mass is 253 g/mol. The van der Waals surface area contributed by atoms with Gasteiger partial charge in [-0.2, -0.15) is 0 Å². The predicted octanol–water partition coefficient (Wildman–Crippen LogP) is 2.42. The zero-order valence-electron chi connectivity index (χ0n) is 10.9. The fourth-order valence-corrected chi connectivity index (χ4v) is 3.30. The van der Waals surface area contributed by atoms with Gasteiger partial charge in [-0.25, -0.2) is 0 Å². The van der Waals surface area contributed by atoms with Gasteiger partial charge in [-0.1, -0.05) is 25.7 Å². The Morgan fingerprint density at radius 1 is 1.00 bits per heavy atom. The first-order valence-corrected chi connectivity index (χ1v) is 7.21. The highest BCUT2D eigenvalue weighted by atomic mass is 16.4. The van der Waals surface area contributed by atoms with Crippen molar-refractivity contribution in [3.05, 3.63) is 0 Å². The standard InChI is InChI=1S/C14H23NO3/c16-13(17)10-12-8-5-9-15(12)14(18)11-6-3-1-2-4-7-11/h11-12H,1-10H2,(H,16,17). The summed E-state index contributed by atoms with van der Waals surface area (Å²) in [6.45, 7) is 0.757. The minimum atomic E-state index is -0.791. The van der Waals surface area contributed by atoms with Gasteiger partial charge in [0, 0.05) is 18.5 Å². The number of likely N-dealkylation sites (tertiary alicyclic amines) is 1. The van der Waals surface area contributed by atoms with Crippen molar-refractivity contribution >= 4 is 11.9 Å². The van der Waals surface area contributed by atoms with E-state index in [-0.39, 0.29) is 24.3 Å². The number of carbonyl (C=O) groups excluding carboxylic acids is 1. The van der Waals surface area contributed by atoms with Gasteiger partial charge >= 0.3 is 5.97 Å². The summed E-state index contributed by atoms with van der Waals surface area (Å²) < 4.78 is 0. The highest BCUT2D eigenvalue weighted by molar-refractivity contribution is 5.80. The summed E-state index contributed by atoms with van der Waals surface area (Å²) in [5.74, 6) is -0.414. The predicted molar refractivity (Wildman–Crippen MR) is 68.2 cm³/mol. The molecular weight excluding hydrogens is 230 g/mol. The van der Waals surface area contributed by atoms with Crippen LogP contribution in [0.4, 0.5) is 0 Å². The molecule has 2 rings (SSSR count). The number of carboxylic acid groups (broad SMARTS) is 1. The molecule has 102 valence electrons. The van der Waals surface area contributed by atoms with Crippen LogP contribution in [0.25, 0.3) is 0 Å². The Labute approximate surface area is 108 Å². The molecule has 1 amide bonds. The molecule has 0 spiro atoms. The van der Waals surface area contributed by atoms with Gasteiger partial charge in [0.1, 0.15) is 0 Å². The SMILES string of the molecule is O=C(O)CC1CCCN1C(=O)C1CCCCCC1. The smallest absolute Gasteiger partial charge is 0.305 e.